The van der Waals surface area contributed by atoms with E-state index in [0.29, 0.717) is 5.11 Å². The van der Waals surface area contributed by atoms with Gasteiger partial charge in [0.15, 0.2) is 5.11 Å². The molecule has 0 aliphatic carbocycles. The molecule has 5 aromatic rings. The fraction of sp³-hybridized carbons (Fsp3) is 0.125. The number of nitrogens with zero attached hydrogens (tertiary/aromatic N) is 3. The molecule has 5 nitrogen and oxygen atoms in total. The molecule has 3 heterocycles. The monoisotopic (exact) mass is 516 g/mol. The number of hydrogen-bond donors (Lipinski definition) is 1. The van der Waals surface area contributed by atoms with Crippen molar-refractivity contribution in [2.24, 2.45) is 0 Å². The molecule has 0 unspecified atom stereocenters. The van der Waals surface area contributed by atoms with Crippen LogP contribution in [0.4, 0.5) is 5.69 Å². The van der Waals surface area contributed by atoms with E-state index in [9.17, 15) is 0 Å². The second-order valence-electron chi connectivity index (χ2n) is 9.50. The highest BCUT2D eigenvalue weighted by atomic mass is 32.1. The Morgan fingerprint density at radius 3 is 2.26 bits per heavy atom. The zero-order valence-electron chi connectivity index (χ0n) is 21.3. The van der Waals surface area contributed by atoms with Gasteiger partial charge in [0.05, 0.1) is 11.7 Å². The van der Waals surface area contributed by atoms with Crippen molar-refractivity contribution in [3.8, 4) is 17.2 Å². The van der Waals surface area contributed by atoms with Gasteiger partial charge in [-0.1, -0.05) is 42.0 Å². The van der Waals surface area contributed by atoms with Crippen molar-refractivity contribution in [1.82, 2.24) is 14.9 Å². The quantitative estimate of drug-likeness (QED) is 0.237. The number of pyridine rings is 1. The first-order chi connectivity index (χ1) is 18.6. The summed E-state index contributed by atoms with van der Waals surface area (Å²) in [6.45, 7) is 4.15. The standard InChI is InChI=1S/C32H28N4OS/c1-22-12-14-24(15-13-22)35-21-7-10-28(35)31-30(27-9-5-6-20-33-27)34-32(38)36(31)25-16-18-26(19-17-25)37-29-11-4-3-8-23(29)2/h3-21,30-31H,1-2H3,(H,34,38)/t30-,31+/m0/s1. The number of hydrogen-bond acceptors (Lipinski definition) is 3. The number of aryl methyl sites for hydroxylation is 2. The Labute approximate surface area is 228 Å². The first-order valence-electron chi connectivity index (χ1n) is 12.7. The molecule has 0 saturated carbocycles. The lowest BCUT2D eigenvalue weighted by molar-refractivity contribution is 0.479. The third-order valence-corrected chi connectivity index (χ3v) is 7.24. The minimum atomic E-state index is -0.120. The van der Waals surface area contributed by atoms with Gasteiger partial charge in [0.1, 0.15) is 17.5 Å². The molecule has 1 saturated heterocycles. The van der Waals surface area contributed by atoms with Crippen LogP contribution in [-0.4, -0.2) is 14.7 Å². The molecule has 1 fully saturated rings. The molecule has 1 N–H and O–H groups in total. The lowest BCUT2D eigenvalue weighted by Crippen LogP contribution is -2.30. The highest BCUT2D eigenvalue weighted by Crippen LogP contribution is 2.42. The summed E-state index contributed by atoms with van der Waals surface area (Å²) in [7, 11) is 0. The summed E-state index contributed by atoms with van der Waals surface area (Å²) in [5, 5.41) is 4.22. The average Bonchev–Trinajstić information content (AvgIpc) is 3.56. The number of benzene rings is 3. The molecule has 0 amide bonds. The summed E-state index contributed by atoms with van der Waals surface area (Å²) in [5.74, 6) is 1.63. The highest BCUT2D eigenvalue weighted by molar-refractivity contribution is 7.80. The van der Waals surface area contributed by atoms with Crippen LogP contribution in [0.3, 0.4) is 0 Å². The van der Waals surface area contributed by atoms with Crippen LogP contribution >= 0.6 is 12.2 Å². The Kier molecular flexibility index (Phi) is 6.40. The minimum absolute atomic E-state index is 0.114. The second kappa shape index (κ2) is 10.1. The molecule has 188 valence electrons. The highest BCUT2D eigenvalue weighted by Gasteiger charge is 2.42. The molecular weight excluding hydrogens is 488 g/mol. The Hall–Kier alpha value is -4.42. The maximum absolute atomic E-state index is 6.15. The topological polar surface area (TPSA) is 42.3 Å². The minimum Gasteiger partial charge on any atom is -0.457 e. The SMILES string of the molecule is Cc1ccc(-n2cccc2[C@@H]2[C@H](c3ccccn3)NC(=S)N2c2ccc(Oc3ccccc3C)cc2)cc1. The van der Waals surface area contributed by atoms with E-state index in [0.717, 1.165) is 39.8 Å². The number of nitrogens with one attached hydrogen (secondary N) is 1. The van der Waals surface area contributed by atoms with Crippen molar-refractivity contribution < 1.29 is 4.74 Å². The molecule has 2 atom stereocenters. The van der Waals surface area contributed by atoms with E-state index in [2.05, 4.69) is 87.5 Å². The number of para-hydroxylation sites is 1. The fourth-order valence-electron chi connectivity index (χ4n) is 4.98. The third-order valence-electron chi connectivity index (χ3n) is 6.93. The van der Waals surface area contributed by atoms with Crippen LogP contribution < -0.4 is 15.0 Å². The van der Waals surface area contributed by atoms with E-state index in [-0.39, 0.29) is 12.1 Å². The molecule has 0 spiro atoms. The van der Waals surface area contributed by atoms with Crippen molar-refractivity contribution in [3.05, 3.63) is 138 Å². The lowest BCUT2D eigenvalue weighted by atomic mass is 10.0. The summed E-state index contributed by atoms with van der Waals surface area (Å²) in [6, 6.07) is 34.7. The molecule has 2 aromatic heterocycles. The smallest absolute Gasteiger partial charge is 0.174 e. The van der Waals surface area contributed by atoms with Crippen molar-refractivity contribution in [3.63, 3.8) is 0 Å². The molecule has 6 heteroatoms. The number of ether oxygens (including phenoxy) is 1. The van der Waals surface area contributed by atoms with Gasteiger partial charge in [-0.3, -0.25) is 4.98 Å². The van der Waals surface area contributed by atoms with Crippen molar-refractivity contribution in [2.45, 2.75) is 25.9 Å². The van der Waals surface area contributed by atoms with Gasteiger partial charge in [0.2, 0.25) is 0 Å². The van der Waals surface area contributed by atoms with E-state index in [1.165, 1.54) is 5.56 Å². The molecule has 3 aromatic carbocycles. The van der Waals surface area contributed by atoms with E-state index in [1.807, 2.05) is 61.7 Å². The zero-order chi connectivity index (χ0) is 26.1. The Balaban J connectivity index is 1.40. The predicted molar refractivity (Wildman–Crippen MR) is 156 cm³/mol. The molecule has 6 rings (SSSR count). The Bertz CT molecular complexity index is 1560. The first kappa shape index (κ1) is 23.9. The van der Waals surface area contributed by atoms with Gasteiger partial charge in [-0.2, -0.15) is 0 Å². The van der Waals surface area contributed by atoms with Gasteiger partial charge in [0, 0.05) is 29.5 Å². The molecule has 1 aliphatic rings. The third kappa shape index (κ3) is 4.55. The molecule has 0 bridgehead atoms. The zero-order valence-corrected chi connectivity index (χ0v) is 22.1. The summed E-state index contributed by atoms with van der Waals surface area (Å²) in [4.78, 5) is 6.88. The predicted octanol–water partition coefficient (Wildman–Crippen LogP) is 7.46. The lowest BCUT2D eigenvalue weighted by Gasteiger charge is -2.29. The van der Waals surface area contributed by atoms with Crippen LogP contribution in [0.2, 0.25) is 0 Å². The van der Waals surface area contributed by atoms with Gasteiger partial charge in [0.25, 0.3) is 0 Å². The van der Waals surface area contributed by atoms with E-state index < -0.39 is 0 Å². The average molecular weight is 517 g/mol. The largest absolute Gasteiger partial charge is 0.457 e. The molecule has 0 radical (unpaired) electrons. The Morgan fingerprint density at radius 2 is 1.53 bits per heavy atom. The maximum atomic E-state index is 6.15. The van der Waals surface area contributed by atoms with Crippen LogP contribution in [0.25, 0.3) is 5.69 Å². The van der Waals surface area contributed by atoms with Gasteiger partial charge in [-0.25, -0.2) is 0 Å². The molecule has 1 aliphatic heterocycles. The van der Waals surface area contributed by atoms with Crippen LogP contribution in [0.15, 0.2) is 116 Å². The normalized spacial score (nSPS) is 16.9. The number of rotatable bonds is 6. The van der Waals surface area contributed by atoms with Gasteiger partial charge in [-0.15, -0.1) is 0 Å². The molecule has 38 heavy (non-hydrogen) atoms. The van der Waals surface area contributed by atoms with Gasteiger partial charge in [-0.05, 0) is 98.4 Å². The number of aromatic nitrogens is 2. The first-order valence-corrected chi connectivity index (χ1v) is 13.1. The summed E-state index contributed by atoms with van der Waals surface area (Å²) in [6.07, 6.45) is 3.94. The van der Waals surface area contributed by atoms with Crippen LogP contribution in [-0.2, 0) is 0 Å². The van der Waals surface area contributed by atoms with E-state index in [4.69, 9.17) is 17.0 Å². The summed E-state index contributed by atoms with van der Waals surface area (Å²) in [5.41, 5.74) is 6.48. The van der Waals surface area contributed by atoms with Crippen LogP contribution in [0, 0.1) is 13.8 Å². The number of thiocarbonyl (C=S) groups is 1. The summed E-state index contributed by atoms with van der Waals surface area (Å²) >= 11 is 5.93. The van der Waals surface area contributed by atoms with Gasteiger partial charge >= 0.3 is 0 Å². The van der Waals surface area contributed by atoms with Crippen LogP contribution in [0.5, 0.6) is 11.5 Å². The maximum Gasteiger partial charge on any atom is 0.174 e. The van der Waals surface area contributed by atoms with Crippen molar-refractivity contribution >= 4 is 23.0 Å². The Morgan fingerprint density at radius 1 is 0.789 bits per heavy atom. The van der Waals surface area contributed by atoms with Crippen molar-refractivity contribution in [1.29, 1.82) is 0 Å². The second-order valence-corrected chi connectivity index (χ2v) is 9.88. The number of anilines is 1. The molecular formula is C32H28N4OS. The van der Waals surface area contributed by atoms with E-state index in [1.54, 1.807) is 0 Å². The van der Waals surface area contributed by atoms with Crippen molar-refractivity contribution in [2.75, 3.05) is 4.90 Å². The summed E-state index contributed by atoms with van der Waals surface area (Å²) < 4.78 is 8.38. The fourth-order valence-corrected chi connectivity index (χ4v) is 5.33. The van der Waals surface area contributed by atoms with Gasteiger partial charge < -0.3 is 19.5 Å². The van der Waals surface area contributed by atoms with Crippen LogP contribution in [0.1, 0.15) is 34.6 Å². The van der Waals surface area contributed by atoms with E-state index >= 15 is 0 Å².